The van der Waals surface area contributed by atoms with Crippen molar-refractivity contribution in [1.29, 1.82) is 5.26 Å². The van der Waals surface area contributed by atoms with Gasteiger partial charge in [-0.05, 0) is 72.8 Å². The Bertz CT molecular complexity index is 1330. The zero-order chi connectivity index (χ0) is 22.2. The molecular formula is C27H19N5Re-2. The van der Waals surface area contributed by atoms with Gasteiger partial charge in [-0.15, -0.1) is 0 Å². The minimum absolute atomic E-state index is 0. The molecule has 0 amide bonds. The summed E-state index contributed by atoms with van der Waals surface area (Å²) in [5.41, 5.74) is 7.86. The molecule has 1 aromatic carbocycles. The van der Waals surface area contributed by atoms with Crippen LogP contribution in [0.5, 0.6) is 0 Å². The van der Waals surface area contributed by atoms with Crippen LogP contribution in [-0.4, -0.2) is 19.9 Å². The van der Waals surface area contributed by atoms with Gasteiger partial charge < -0.3 is 21.8 Å². The number of nitrogens with zero attached hydrogens (tertiary/aromatic N) is 3. The average Bonchev–Trinajstić information content (AvgIpc) is 3.63. The molecule has 6 heteroatoms. The second kappa shape index (κ2) is 11.6. The minimum atomic E-state index is 0. The van der Waals surface area contributed by atoms with Gasteiger partial charge in [0.1, 0.15) is 0 Å². The van der Waals surface area contributed by atoms with Gasteiger partial charge in [-0.1, -0.05) is 0 Å². The van der Waals surface area contributed by atoms with E-state index >= 15 is 0 Å². The molecule has 0 aliphatic carbocycles. The Labute approximate surface area is 205 Å². The van der Waals surface area contributed by atoms with Crippen molar-refractivity contribution in [3.8, 4) is 0 Å². The summed E-state index contributed by atoms with van der Waals surface area (Å²) in [6, 6.07) is 28.9. The number of H-pyrrole nitrogens is 2. The van der Waals surface area contributed by atoms with Crippen LogP contribution >= 0.6 is 0 Å². The molecule has 33 heavy (non-hydrogen) atoms. The van der Waals surface area contributed by atoms with Crippen LogP contribution in [0.2, 0.25) is 0 Å². The molecule has 2 aliphatic rings. The maximum absolute atomic E-state index is 6.25. The van der Waals surface area contributed by atoms with Crippen LogP contribution < -0.4 is 0 Å². The molecule has 1 radical (unpaired) electrons. The van der Waals surface area contributed by atoms with Gasteiger partial charge in [0.25, 0.3) is 0 Å². The summed E-state index contributed by atoms with van der Waals surface area (Å²) in [6.45, 7) is 4.75. The van der Waals surface area contributed by atoms with Crippen LogP contribution in [0.1, 0.15) is 22.8 Å². The normalized spacial score (nSPS) is 10.7. The van der Waals surface area contributed by atoms with Crippen LogP contribution in [0.4, 0.5) is 0 Å². The number of aromatic amines is 2. The number of aromatic nitrogens is 4. The molecule has 0 fully saturated rings. The van der Waals surface area contributed by atoms with Crippen molar-refractivity contribution >= 4 is 46.4 Å². The maximum Gasteiger partial charge on any atom is 0.0659 e. The summed E-state index contributed by atoms with van der Waals surface area (Å²) >= 11 is 0. The molecule has 4 aromatic rings. The first-order valence-electron chi connectivity index (χ1n) is 9.98. The predicted octanol–water partition coefficient (Wildman–Crippen LogP) is 6.24. The molecule has 8 bridgehead atoms. The van der Waals surface area contributed by atoms with Gasteiger partial charge in [0, 0.05) is 42.5 Å². The molecule has 5 heterocycles. The Balaban J connectivity index is 0.000000294. The maximum atomic E-state index is 6.25. The van der Waals surface area contributed by atoms with Crippen LogP contribution in [0.3, 0.4) is 0 Å². The van der Waals surface area contributed by atoms with Crippen LogP contribution in [0.25, 0.3) is 46.4 Å². The smallest absolute Gasteiger partial charge is 0.0659 e. The van der Waals surface area contributed by atoms with Gasteiger partial charge in [0.05, 0.1) is 22.8 Å². The first kappa shape index (κ1) is 23.6. The van der Waals surface area contributed by atoms with Gasteiger partial charge >= 0.3 is 0 Å². The standard InChI is InChI=1S/C20H14N4.C6H5.CN.Re/c1-2-14-10-16-5-6-18(23-16)12-20-8-7-19(24-20)11-17-4-3-15(22-17)9-13(1)21-14;1-2-4-6-5-3-1;1-2;/h1-12,21-22H;1-5H;;/q;2*-1;. The Kier molecular flexibility index (Phi) is 8.27. The Morgan fingerprint density at radius 2 is 0.970 bits per heavy atom. The van der Waals surface area contributed by atoms with E-state index in [1.54, 1.807) is 0 Å². The van der Waals surface area contributed by atoms with Crippen LogP contribution in [0, 0.1) is 17.9 Å². The van der Waals surface area contributed by atoms with Crippen molar-refractivity contribution in [3.05, 3.63) is 114 Å². The molecule has 0 saturated heterocycles. The SMILES string of the molecule is C1=Cc2cc3ccc(cc4ccc(cc5nc(cc1n2)C=C5)[nH]4)[nH]3.[C-]#N.[Re].[c-]1ccccc1. The predicted molar refractivity (Wildman–Crippen MR) is 129 cm³/mol. The molecule has 161 valence electrons. The van der Waals surface area contributed by atoms with Gasteiger partial charge in [0.15, 0.2) is 0 Å². The fraction of sp³-hybridized carbons (Fsp3) is 0. The van der Waals surface area contributed by atoms with Gasteiger partial charge in [-0.25, -0.2) is 9.97 Å². The van der Waals surface area contributed by atoms with Gasteiger partial charge in [-0.3, -0.25) is 0 Å². The third-order valence-corrected chi connectivity index (χ3v) is 4.65. The molecule has 6 rings (SSSR count). The summed E-state index contributed by atoms with van der Waals surface area (Å²) in [6.07, 6.45) is 8.05. The first-order chi connectivity index (χ1) is 15.8. The van der Waals surface area contributed by atoms with E-state index in [-0.39, 0.29) is 20.4 Å². The van der Waals surface area contributed by atoms with E-state index in [1.807, 2.05) is 72.8 Å². The molecule has 2 N–H and O–H groups in total. The van der Waals surface area contributed by atoms with Crippen molar-refractivity contribution in [1.82, 2.24) is 19.9 Å². The van der Waals surface area contributed by atoms with Crippen molar-refractivity contribution in [2.75, 3.05) is 0 Å². The van der Waals surface area contributed by atoms with E-state index in [1.165, 1.54) is 0 Å². The third kappa shape index (κ3) is 6.48. The minimum Gasteiger partial charge on any atom is -0.512 e. The second-order valence-corrected chi connectivity index (χ2v) is 6.98. The quantitative estimate of drug-likeness (QED) is 0.203. The number of hydrogen-bond acceptors (Lipinski definition) is 3. The van der Waals surface area contributed by atoms with E-state index in [4.69, 9.17) is 11.8 Å². The van der Waals surface area contributed by atoms with E-state index in [9.17, 15) is 0 Å². The molecular weight excluding hydrogens is 581 g/mol. The molecule has 0 saturated carbocycles. The Morgan fingerprint density at radius 1 is 0.576 bits per heavy atom. The summed E-state index contributed by atoms with van der Waals surface area (Å²) in [5.74, 6) is 0. The monoisotopic (exact) mass is 600 g/mol. The van der Waals surface area contributed by atoms with Crippen molar-refractivity contribution in [2.45, 2.75) is 0 Å². The molecule has 2 aliphatic heterocycles. The van der Waals surface area contributed by atoms with E-state index in [0.717, 1.165) is 44.8 Å². The van der Waals surface area contributed by atoms with Crippen molar-refractivity contribution < 1.29 is 20.4 Å². The largest absolute Gasteiger partial charge is 0.512 e. The molecule has 0 spiro atoms. The zero-order valence-corrected chi connectivity index (χ0v) is 20.3. The van der Waals surface area contributed by atoms with E-state index in [0.29, 0.717) is 0 Å². The van der Waals surface area contributed by atoms with Crippen LogP contribution in [-0.2, 0) is 20.4 Å². The summed E-state index contributed by atoms with van der Waals surface area (Å²) in [7, 11) is 0. The summed E-state index contributed by atoms with van der Waals surface area (Å²) in [4.78, 5) is 16.0. The Hall–Kier alpha value is -4.03. The van der Waals surface area contributed by atoms with Crippen LogP contribution in [0.15, 0.2) is 78.9 Å². The molecule has 5 nitrogen and oxygen atoms in total. The number of nitrogens with one attached hydrogen (secondary N) is 2. The van der Waals surface area contributed by atoms with E-state index in [2.05, 4.69) is 56.3 Å². The van der Waals surface area contributed by atoms with E-state index < -0.39 is 0 Å². The number of hydrogen-bond donors (Lipinski definition) is 2. The summed E-state index contributed by atoms with van der Waals surface area (Å²) < 4.78 is 0. The first-order valence-corrected chi connectivity index (χ1v) is 9.98. The zero-order valence-electron chi connectivity index (χ0n) is 17.5. The molecule has 0 atom stereocenters. The summed E-state index contributed by atoms with van der Waals surface area (Å²) in [5, 5.41) is 6.25. The second-order valence-electron chi connectivity index (χ2n) is 6.98. The number of benzene rings is 1. The number of rotatable bonds is 0. The third-order valence-electron chi connectivity index (χ3n) is 4.65. The van der Waals surface area contributed by atoms with Gasteiger partial charge in [0.2, 0.25) is 0 Å². The fourth-order valence-corrected chi connectivity index (χ4v) is 3.29. The average molecular weight is 600 g/mol. The van der Waals surface area contributed by atoms with Gasteiger partial charge in [-0.2, -0.15) is 36.4 Å². The topological polar surface area (TPSA) is 81.2 Å². The van der Waals surface area contributed by atoms with Crippen molar-refractivity contribution in [3.63, 3.8) is 0 Å². The molecule has 0 unspecified atom stereocenters. The number of fused-ring (bicyclic) bond motifs is 8. The Morgan fingerprint density at radius 3 is 1.33 bits per heavy atom. The van der Waals surface area contributed by atoms with Crippen molar-refractivity contribution in [2.24, 2.45) is 0 Å². The molecule has 3 aromatic heterocycles. The fourth-order valence-electron chi connectivity index (χ4n) is 3.29.